The first kappa shape index (κ1) is 15.3. The van der Waals surface area contributed by atoms with Gasteiger partial charge in [-0.05, 0) is 25.0 Å². The highest BCUT2D eigenvalue weighted by Gasteiger charge is 2.30. The molecular formula is C17H23N5O2. The number of ether oxygens (including phenoxy) is 2. The summed E-state index contributed by atoms with van der Waals surface area (Å²) in [5, 5.41) is 10.5. The molecule has 1 saturated carbocycles. The van der Waals surface area contributed by atoms with Gasteiger partial charge in [0.25, 0.3) is 0 Å². The normalized spacial score (nSPS) is 17.3. The molecule has 0 atom stereocenters. The van der Waals surface area contributed by atoms with Crippen LogP contribution >= 0.6 is 0 Å². The largest absolute Gasteiger partial charge is 0.493 e. The molecule has 2 heterocycles. The molecule has 1 aliphatic heterocycles. The van der Waals surface area contributed by atoms with Crippen molar-refractivity contribution in [3.63, 3.8) is 0 Å². The van der Waals surface area contributed by atoms with Gasteiger partial charge in [-0.15, -0.1) is 5.10 Å². The van der Waals surface area contributed by atoms with Crippen LogP contribution in [0.15, 0.2) is 18.3 Å². The number of hydrazine groups is 1. The smallest absolute Gasteiger partial charge is 0.188 e. The van der Waals surface area contributed by atoms with Crippen molar-refractivity contribution in [3.8, 4) is 17.2 Å². The molecule has 0 saturated heterocycles. The molecule has 7 heteroatoms. The van der Waals surface area contributed by atoms with Gasteiger partial charge in [0, 0.05) is 6.04 Å². The summed E-state index contributed by atoms with van der Waals surface area (Å²) in [6.07, 6.45) is 8.18. The Morgan fingerprint density at radius 1 is 1.12 bits per heavy atom. The molecule has 2 aromatic rings. The summed E-state index contributed by atoms with van der Waals surface area (Å²) >= 11 is 0. The summed E-state index contributed by atoms with van der Waals surface area (Å²) in [6, 6.07) is 4.51. The molecular weight excluding hydrogens is 306 g/mol. The van der Waals surface area contributed by atoms with E-state index >= 15 is 0 Å². The highest BCUT2D eigenvalue weighted by atomic mass is 16.5. The Bertz CT molecular complexity index is 724. The van der Waals surface area contributed by atoms with Gasteiger partial charge in [-0.1, -0.05) is 24.5 Å². The van der Waals surface area contributed by atoms with Crippen molar-refractivity contribution in [1.82, 2.24) is 20.4 Å². The van der Waals surface area contributed by atoms with Crippen molar-refractivity contribution >= 4 is 5.69 Å². The van der Waals surface area contributed by atoms with Gasteiger partial charge in [-0.3, -0.25) is 5.01 Å². The number of hydrogen-bond acceptors (Lipinski definition) is 6. The average Bonchev–Trinajstić information content (AvgIpc) is 3.09. The predicted molar refractivity (Wildman–Crippen MR) is 90.7 cm³/mol. The number of nitrogens with zero attached hydrogens (tertiary/aromatic N) is 4. The van der Waals surface area contributed by atoms with E-state index in [0.29, 0.717) is 17.5 Å². The maximum Gasteiger partial charge on any atom is 0.188 e. The van der Waals surface area contributed by atoms with Gasteiger partial charge in [0.1, 0.15) is 5.69 Å². The standard InChI is InChI=1S/C17H23N5O2/c1-23-15-9-8-14-16(17(15)24-2)22-13(10-18-20-22)11-21(14)19-12-6-4-3-5-7-12/h8-10,12,19H,3-7,11H2,1-2H3. The molecule has 0 amide bonds. The Labute approximate surface area is 141 Å². The van der Waals surface area contributed by atoms with Crippen molar-refractivity contribution in [2.75, 3.05) is 19.2 Å². The van der Waals surface area contributed by atoms with Crippen molar-refractivity contribution < 1.29 is 9.47 Å². The van der Waals surface area contributed by atoms with E-state index in [9.17, 15) is 0 Å². The van der Waals surface area contributed by atoms with Crippen LogP contribution in [0.1, 0.15) is 37.8 Å². The Morgan fingerprint density at radius 2 is 1.96 bits per heavy atom. The van der Waals surface area contributed by atoms with Crippen molar-refractivity contribution in [3.05, 3.63) is 24.0 Å². The second-order valence-corrected chi connectivity index (χ2v) is 6.36. The zero-order chi connectivity index (χ0) is 16.5. The zero-order valence-electron chi connectivity index (χ0n) is 14.2. The molecule has 0 spiro atoms. The Kier molecular flexibility index (Phi) is 4.02. The predicted octanol–water partition coefficient (Wildman–Crippen LogP) is 2.44. The number of aromatic nitrogens is 3. The number of methoxy groups -OCH3 is 2. The maximum absolute atomic E-state index is 5.63. The Morgan fingerprint density at radius 3 is 2.71 bits per heavy atom. The topological polar surface area (TPSA) is 64.4 Å². The molecule has 0 unspecified atom stereocenters. The minimum Gasteiger partial charge on any atom is -0.493 e. The number of fused-ring (bicyclic) bond motifs is 3. The molecule has 1 aromatic carbocycles. The first-order chi connectivity index (χ1) is 11.8. The SMILES string of the molecule is COc1ccc2c(c1OC)-n1nncc1CN2NC1CCCCC1. The van der Waals surface area contributed by atoms with Crippen LogP contribution in [-0.4, -0.2) is 35.3 Å². The van der Waals surface area contributed by atoms with Crippen molar-refractivity contribution in [1.29, 1.82) is 0 Å². The first-order valence-electron chi connectivity index (χ1n) is 8.50. The molecule has 4 rings (SSSR count). The summed E-state index contributed by atoms with van der Waals surface area (Å²) in [7, 11) is 3.30. The third kappa shape index (κ3) is 2.49. The van der Waals surface area contributed by atoms with Crippen LogP contribution in [0.25, 0.3) is 5.69 Å². The average molecular weight is 329 g/mol. The summed E-state index contributed by atoms with van der Waals surface area (Å²) in [5.74, 6) is 1.37. The molecule has 0 radical (unpaired) electrons. The summed E-state index contributed by atoms with van der Waals surface area (Å²) in [4.78, 5) is 0. The van der Waals surface area contributed by atoms with E-state index < -0.39 is 0 Å². The zero-order valence-corrected chi connectivity index (χ0v) is 14.2. The second-order valence-electron chi connectivity index (χ2n) is 6.36. The number of nitrogens with one attached hydrogen (secondary N) is 1. The number of benzene rings is 1. The van der Waals surface area contributed by atoms with Crippen LogP contribution < -0.4 is 19.9 Å². The lowest BCUT2D eigenvalue weighted by molar-refractivity contribution is 0.346. The van der Waals surface area contributed by atoms with E-state index in [2.05, 4.69) is 26.8 Å². The van der Waals surface area contributed by atoms with Crippen molar-refractivity contribution in [2.24, 2.45) is 0 Å². The van der Waals surface area contributed by atoms with Crippen LogP contribution in [0.2, 0.25) is 0 Å². The van der Waals surface area contributed by atoms with Crippen LogP contribution in [0.5, 0.6) is 11.5 Å². The lowest BCUT2D eigenvalue weighted by atomic mass is 9.96. The molecule has 128 valence electrons. The first-order valence-corrected chi connectivity index (χ1v) is 8.50. The van der Waals surface area contributed by atoms with Gasteiger partial charge in [0.15, 0.2) is 11.5 Å². The molecule has 1 fully saturated rings. The molecule has 7 nitrogen and oxygen atoms in total. The summed E-state index contributed by atoms with van der Waals surface area (Å²) in [6.45, 7) is 0.728. The van der Waals surface area contributed by atoms with Crippen LogP contribution in [0, 0.1) is 0 Å². The third-order valence-electron chi connectivity index (χ3n) is 4.88. The molecule has 1 aromatic heterocycles. The van der Waals surface area contributed by atoms with Gasteiger partial charge in [-0.25, -0.2) is 10.1 Å². The highest BCUT2D eigenvalue weighted by Crippen LogP contribution is 2.43. The number of hydrogen-bond donors (Lipinski definition) is 1. The lowest BCUT2D eigenvalue weighted by Crippen LogP contribution is -2.47. The fraction of sp³-hybridized carbons (Fsp3) is 0.529. The van der Waals surface area contributed by atoms with E-state index in [-0.39, 0.29) is 0 Å². The number of rotatable bonds is 4. The molecule has 24 heavy (non-hydrogen) atoms. The summed E-state index contributed by atoms with van der Waals surface area (Å²) < 4.78 is 12.9. The van der Waals surface area contributed by atoms with E-state index in [0.717, 1.165) is 23.6 Å². The lowest BCUT2D eigenvalue weighted by Gasteiger charge is -2.36. The van der Waals surface area contributed by atoms with Crippen LogP contribution in [-0.2, 0) is 6.54 Å². The van der Waals surface area contributed by atoms with Crippen LogP contribution in [0.4, 0.5) is 5.69 Å². The fourth-order valence-corrected chi connectivity index (χ4v) is 3.69. The van der Waals surface area contributed by atoms with E-state index in [4.69, 9.17) is 9.47 Å². The minimum atomic E-state index is 0.516. The Hall–Kier alpha value is -2.28. The van der Waals surface area contributed by atoms with Gasteiger partial charge in [0.2, 0.25) is 0 Å². The van der Waals surface area contributed by atoms with Gasteiger partial charge >= 0.3 is 0 Å². The quantitative estimate of drug-likeness (QED) is 0.929. The molecule has 2 aliphatic rings. The van der Waals surface area contributed by atoms with Crippen molar-refractivity contribution in [2.45, 2.75) is 44.7 Å². The monoisotopic (exact) mass is 329 g/mol. The molecule has 0 bridgehead atoms. The highest BCUT2D eigenvalue weighted by molar-refractivity contribution is 5.74. The van der Waals surface area contributed by atoms with E-state index in [1.807, 2.05) is 10.7 Å². The maximum atomic E-state index is 5.63. The minimum absolute atomic E-state index is 0.516. The fourth-order valence-electron chi connectivity index (χ4n) is 3.69. The molecule has 1 N–H and O–H groups in total. The molecule has 1 aliphatic carbocycles. The second kappa shape index (κ2) is 6.32. The van der Waals surface area contributed by atoms with Gasteiger partial charge in [-0.2, -0.15) is 0 Å². The summed E-state index contributed by atoms with van der Waals surface area (Å²) in [5.41, 5.74) is 6.64. The number of anilines is 1. The Balaban J connectivity index is 1.76. The third-order valence-corrected chi connectivity index (χ3v) is 4.88. The van der Waals surface area contributed by atoms with Gasteiger partial charge < -0.3 is 9.47 Å². The van der Waals surface area contributed by atoms with E-state index in [1.54, 1.807) is 20.4 Å². The van der Waals surface area contributed by atoms with Crippen LogP contribution in [0.3, 0.4) is 0 Å². The van der Waals surface area contributed by atoms with Gasteiger partial charge in [0.05, 0.1) is 38.3 Å². The van der Waals surface area contributed by atoms with E-state index in [1.165, 1.54) is 32.1 Å².